The second-order valence-electron chi connectivity index (χ2n) is 7.39. The minimum atomic E-state index is -0.455. The van der Waals surface area contributed by atoms with Crippen LogP contribution in [0.2, 0.25) is 0 Å². The molecule has 0 bridgehead atoms. The molecule has 4 rings (SSSR count). The summed E-state index contributed by atoms with van der Waals surface area (Å²) in [5, 5.41) is 0. The summed E-state index contributed by atoms with van der Waals surface area (Å²) in [6, 6.07) is 13.9. The lowest BCUT2D eigenvalue weighted by molar-refractivity contribution is 0.0978. The molecule has 1 aliphatic heterocycles. The molecule has 0 fully saturated rings. The lowest BCUT2D eigenvalue weighted by Gasteiger charge is -2.36. The highest BCUT2D eigenvalue weighted by Gasteiger charge is 2.32. The van der Waals surface area contributed by atoms with Gasteiger partial charge < -0.3 is 4.90 Å². The molecule has 0 spiro atoms. The van der Waals surface area contributed by atoms with Gasteiger partial charge in [-0.1, -0.05) is 6.07 Å². The molecular formula is C24H19F3N2O. The number of anilines is 1. The molecule has 3 aromatic rings. The third-order valence-electron chi connectivity index (χ3n) is 5.19. The predicted molar refractivity (Wildman–Crippen MR) is 111 cm³/mol. The maximum atomic E-state index is 14.0. The van der Waals surface area contributed by atoms with Gasteiger partial charge in [-0.3, -0.25) is 9.79 Å². The number of halogens is 3. The van der Waals surface area contributed by atoms with Crippen LogP contribution in [0.5, 0.6) is 0 Å². The Kier molecular flexibility index (Phi) is 5.16. The van der Waals surface area contributed by atoms with Gasteiger partial charge in [0.15, 0.2) is 0 Å². The highest BCUT2D eigenvalue weighted by molar-refractivity contribution is 6.16. The molecule has 0 saturated carbocycles. The molecule has 0 saturated heterocycles. The quantitative estimate of drug-likeness (QED) is 0.514. The lowest BCUT2D eigenvalue weighted by Crippen LogP contribution is -2.44. The summed E-state index contributed by atoms with van der Waals surface area (Å²) in [5.41, 5.74) is 2.80. The van der Waals surface area contributed by atoms with Crippen molar-refractivity contribution in [2.75, 3.05) is 4.90 Å². The summed E-state index contributed by atoms with van der Waals surface area (Å²) < 4.78 is 41.3. The topological polar surface area (TPSA) is 32.7 Å². The molecule has 1 heterocycles. The van der Waals surface area contributed by atoms with Gasteiger partial charge in [-0.25, -0.2) is 13.2 Å². The zero-order chi connectivity index (χ0) is 21.4. The maximum Gasteiger partial charge on any atom is 0.258 e. The van der Waals surface area contributed by atoms with Crippen LogP contribution in [0.25, 0.3) is 0 Å². The number of rotatable bonds is 2. The molecule has 1 atom stereocenters. The van der Waals surface area contributed by atoms with Gasteiger partial charge in [0.1, 0.15) is 17.5 Å². The second kappa shape index (κ2) is 7.78. The van der Waals surface area contributed by atoms with Gasteiger partial charge in [0.05, 0.1) is 17.1 Å². The summed E-state index contributed by atoms with van der Waals surface area (Å²) in [7, 11) is 0. The fraction of sp³-hybridized carbons (Fsp3) is 0.167. The van der Waals surface area contributed by atoms with E-state index in [0.29, 0.717) is 34.6 Å². The van der Waals surface area contributed by atoms with Gasteiger partial charge in [0, 0.05) is 23.6 Å². The van der Waals surface area contributed by atoms with Crippen molar-refractivity contribution in [1.82, 2.24) is 0 Å². The number of aliphatic imine (C=N–C) groups is 1. The fourth-order valence-corrected chi connectivity index (χ4v) is 3.62. The van der Waals surface area contributed by atoms with Crippen molar-refractivity contribution in [1.29, 1.82) is 0 Å². The van der Waals surface area contributed by atoms with E-state index in [9.17, 15) is 18.0 Å². The third-order valence-corrected chi connectivity index (χ3v) is 5.19. The Bertz CT molecular complexity index is 1160. The summed E-state index contributed by atoms with van der Waals surface area (Å²) in [5.74, 6) is -1.65. The lowest BCUT2D eigenvalue weighted by atomic mass is 9.93. The molecule has 1 unspecified atom stereocenters. The van der Waals surface area contributed by atoms with Crippen molar-refractivity contribution in [3.63, 3.8) is 0 Å². The van der Waals surface area contributed by atoms with Crippen molar-refractivity contribution in [3.8, 4) is 0 Å². The van der Waals surface area contributed by atoms with E-state index in [4.69, 9.17) is 0 Å². The molecule has 3 nitrogen and oxygen atoms in total. The van der Waals surface area contributed by atoms with Crippen molar-refractivity contribution < 1.29 is 18.0 Å². The fourth-order valence-electron chi connectivity index (χ4n) is 3.62. The number of fused-ring (bicyclic) bond motifs is 1. The van der Waals surface area contributed by atoms with E-state index in [2.05, 4.69) is 4.99 Å². The van der Waals surface area contributed by atoms with Crippen LogP contribution in [-0.4, -0.2) is 17.7 Å². The number of carbonyl (C=O) groups is 1. The first kappa shape index (κ1) is 19.9. The molecule has 1 aliphatic rings. The number of nitrogens with zero attached hydrogens (tertiary/aromatic N) is 2. The van der Waals surface area contributed by atoms with Crippen LogP contribution < -0.4 is 4.90 Å². The Hall–Kier alpha value is -3.41. The van der Waals surface area contributed by atoms with Gasteiger partial charge in [-0.15, -0.1) is 0 Å². The van der Waals surface area contributed by atoms with Crippen LogP contribution in [-0.2, 0) is 0 Å². The molecule has 152 valence electrons. The zero-order valence-electron chi connectivity index (χ0n) is 16.5. The summed E-state index contributed by atoms with van der Waals surface area (Å²) in [6.07, 6.45) is 0.369. The average molecular weight is 408 g/mol. The van der Waals surface area contributed by atoms with Crippen molar-refractivity contribution >= 4 is 23.0 Å². The number of benzene rings is 3. The number of amides is 1. The molecule has 0 aromatic heterocycles. The molecule has 0 aliphatic carbocycles. The van der Waals surface area contributed by atoms with Gasteiger partial charge in [0.25, 0.3) is 5.91 Å². The van der Waals surface area contributed by atoms with E-state index >= 15 is 0 Å². The summed E-state index contributed by atoms with van der Waals surface area (Å²) in [6.45, 7) is 3.48. The van der Waals surface area contributed by atoms with Crippen molar-refractivity contribution in [2.45, 2.75) is 26.3 Å². The molecule has 30 heavy (non-hydrogen) atoms. The first-order valence-electron chi connectivity index (χ1n) is 9.56. The van der Waals surface area contributed by atoms with Gasteiger partial charge in [-0.2, -0.15) is 0 Å². The first-order chi connectivity index (χ1) is 14.3. The minimum absolute atomic E-state index is 0.221. The molecule has 0 radical (unpaired) electrons. The normalized spacial score (nSPS) is 17.2. The van der Waals surface area contributed by atoms with E-state index in [1.807, 2.05) is 6.92 Å². The Labute approximate surface area is 172 Å². The van der Waals surface area contributed by atoms with E-state index in [-0.39, 0.29) is 23.3 Å². The molecule has 1 amide bonds. The van der Waals surface area contributed by atoms with E-state index in [0.717, 1.165) is 0 Å². The van der Waals surface area contributed by atoms with Gasteiger partial charge in [-0.05, 0) is 74.0 Å². The highest BCUT2D eigenvalue weighted by atomic mass is 19.1. The van der Waals surface area contributed by atoms with Crippen LogP contribution in [0.1, 0.15) is 34.8 Å². The number of hydrogen-bond acceptors (Lipinski definition) is 2. The molecule has 0 N–H and O–H groups in total. The smallest absolute Gasteiger partial charge is 0.258 e. The van der Waals surface area contributed by atoms with Gasteiger partial charge >= 0.3 is 0 Å². The average Bonchev–Trinajstić information content (AvgIpc) is 2.72. The van der Waals surface area contributed by atoms with Gasteiger partial charge in [0.2, 0.25) is 0 Å². The largest absolute Gasteiger partial charge is 0.305 e. The maximum absolute atomic E-state index is 14.0. The highest BCUT2D eigenvalue weighted by Crippen LogP contribution is 2.34. The molecule has 6 heteroatoms. The number of hydrogen-bond donors (Lipinski definition) is 0. The molecule has 3 aromatic carbocycles. The summed E-state index contributed by atoms with van der Waals surface area (Å²) in [4.78, 5) is 19.3. The Balaban J connectivity index is 1.79. The monoisotopic (exact) mass is 408 g/mol. The van der Waals surface area contributed by atoms with Crippen LogP contribution in [0.3, 0.4) is 0 Å². The molecular weight excluding hydrogens is 389 g/mol. The van der Waals surface area contributed by atoms with Crippen molar-refractivity contribution in [3.05, 3.63) is 94.8 Å². The van der Waals surface area contributed by atoms with Crippen LogP contribution in [0.4, 0.5) is 24.5 Å². The SMILES string of the molecule is Cc1ccc(C(=O)N2c3ccc(F)cc3C(=Nc3ccc(F)cc3)CC2C)cc1F. The van der Waals surface area contributed by atoms with Crippen LogP contribution in [0, 0.1) is 24.4 Å². The van der Waals surface area contributed by atoms with E-state index in [1.54, 1.807) is 36.1 Å². The Morgan fingerprint density at radius 1 is 0.967 bits per heavy atom. The second-order valence-corrected chi connectivity index (χ2v) is 7.39. The predicted octanol–water partition coefficient (Wildman–Crippen LogP) is 5.97. The standard InChI is InChI=1S/C24H19F3N2O/c1-14-3-4-16(12-21(14)27)24(30)29-15(2)11-22(20-13-18(26)7-10-23(20)29)28-19-8-5-17(25)6-9-19/h3-10,12-13,15H,11H2,1-2H3. The van der Waals surface area contributed by atoms with E-state index in [1.165, 1.54) is 36.4 Å². The summed E-state index contributed by atoms with van der Waals surface area (Å²) >= 11 is 0. The third kappa shape index (κ3) is 3.73. The number of carbonyl (C=O) groups excluding carboxylic acids is 1. The van der Waals surface area contributed by atoms with Crippen LogP contribution in [0.15, 0.2) is 65.7 Å². The number of aryl methyl sites for hydroxylation is 1. The minimum Gasteiger partial charge on any atom is -0.305 e. The Morgan fingerprint density at radius 2 is 1.67 bits per heavy atom. The first-order valence-corrected chi connectivity index (χ1v) is 9.56. The van der Waals surface area contributed by atoms with Crippen LogP contribution >= 0.6 is 0 Å². The Morgan fingerprint density at radius 3 is 2.37 bits per heavy atom. The van der Waals surface area contributed by atoms with Crippen molar-refractivity contribution in [2.24, 2.45) is 4.99 Å². The zero-order valence-corrected chi connectivity index (χ0v) is 16.5. The van der Waals surface area contributed by atoms with E-state index < -0.39 is 11.6 Å².